The molecule has 0 aromatic heterocycles. The monoisotopic (exact) mass is 292 g/mol. The molecule has 3 aliphatic heterocycles. The predicted molar refractivity (Wildman–Crippen MR) is 86.4 cm³/mol. The van der Waals surface area contributed by atoms with Crippen LogP contribution in [0.2, 0.25) is 0 Å². The van der Waals surface area contributed by atoms with Crippen molar-refractivity contribution >= 4 is 8.15 Å². The molecule has 2 fully saturated rings. The Bertz CT molecular complexity index is 711. The van der Waals surface area contributed by atoms with E-state index in [4.69, 9.17) is 4.52 Å². The van der Waals surface area contributed by atoms with Crippen LogP contribution in [-0.2, 0) is 14.8 Å². The van der Waals surface area contributed by atoms with Gasteiger partial charge in [0.1, 0.15) is 0 Å². The maximum absolute atomic E-state index is 6.36. The van der Waals surface area contributed by atoms with Gasteiger partial charge in [-0.25, -0.2) is 0 Å². The van der Waals surface area contributed by atoms with Gasteiger partial charge >= 0.3 is 0 Å². The van der Waals surface area contributed by atoms with Crippen molar-refractivity contribution in [3.63, 3.8) is 0 Å². The second kappa shape index (κ2) is 4.06. The van der Waals surface area contributed by atoms with Gasteiger partial charge in [0.25, 0.3) is 0 Å². The summed E-state index contributed by atoms with van der Waals surface area (Å²) < 4.78 is 6.36. The predicted octanol–water partition coefficient (Wildman–Crippen LogP) is 4.79. The van der Waals surface area contributed by atoms with Crippen LogP contribution in [0.1, 0.15) is 17.5 Å². The standard InChI is InChI=1S/C19H17OP/c1-3-7-15(8-4-1)18-11-12-19(16-9-5-2-6-10-16)17(13-18)14-20-21(18)19/h1-12,17H,13-14H2/t17-,18+,19+,21?/m0/s1. The fourth-order valence-electron chi connectivity index (χ4n) is 4.50. The molecule has 2 aromatic rings. The molecule has 5 rings (SSSR count). The fourth-order valence-corrected chi connectivity index (χ4v) is 8.00. The highest BCUT2D eigenvalue weighted by molar-refractivity contribution is 7.57. The summed E-state index contributed by atoms with van der Waals surface area (Å²) in [4.78, 5) is 0. The summed E-state index contributed by atoms with van der Waals surface area (Å²) in [5.41, 5.74) is 2.89. The fraction of sp³-hybridized carbons (Fsp3) is 0.263. The maximum Gasteiger partial charge on any atom is 0.0637 e. The van der Waals surface area contributed by atoms with Crippen molar-refractivity contribution in [3.8, 4) is 0 Å². The molecule has 0 radical (unpaired) electrons. The van der Waals surface area contributed by atoms with E-state index in [1.54, 1.807) is 0 Å². The zero-order valence-corrected chi connectivity index (χ0v) is 12.7. The van der Waals surface area contributed by atoms with Gasteiger partial charge in [-0.3, -0.25) is 0 Å². The summed E-state index contributed by atoms with van der Waals surface area (Å²) in [7, 11) is -0.512. The Morgan fingerprint density at radius 3 is 2.24 bits per heavy atom. The molecule has 1 unspecified atom stereocenters. The van der Waals surface area contributed by atoms with Crippen molar-refractivity contribution in [1.82, 2.24) is 0 Å². The average Bonchev–Trinajstić information content (AvgIpc) is 3.19. The average molecular weight is 292 g/mol. The van der Waals surface area contributed by atoms with Gasteiger partial charge in [-0.1, -0.05) is 72.8 Å². The van der Waals surface area contributed by atoms with Crippen LogP contribution in [0.25, 0.3) is 0 Å². The molecular weight excluding hydrogens is 275 g/mol. The summed E-state index contributed by atoms with van der Waals surface area (Å²) >= 11 is 0. The Hall–Kier alpha value is -1.43. The van der Waals surface area contributed by atoms with Crippen molar-refractivity contribution in [2.45, 2.75) is 16.7 Å². The van der Waals surface area contributed by atoms with Crippen molar-refractivity contribution in [2.75, 3.05) is 6.61 Å². The second-order valence-electron chi connectivity index (χ2n) is 6.31. The van der Waals surface area contributed by atoms with E-state index in [0.717, 1.165) is 6.61 Å². The first-order valence-electron chi connectivity index (χ1n) is 7.61. The molecule has 0 N–H and O–H groups in total. The molecule has 4 atom stereocenters. The summed E-state index contributed by atoms with van der Waals surface area (Å²) in [5, 5.41) is 0.307. The molecule has 0 aliphatic carbocycles. The molecule has 3 heterocycles. The van der Waals surface area contributed by atoms with E-state index in [1.165, 1.54) is 17.5 Å². The smallest absolute Gasteiger partial charge is 0.0637 e. The summed E-state index contributed by atoms with van der Waals surface area (Å²) in [6.45, 7) is 0.930. The lowest BCUT2D eigenvalue weighted by Gasteiger charge is -2.33. The van der Waals surface area contributed by atoms with Crippen LogP contribution in [0.3, 0.4) is 0 Å². The number of benzene rings is 2. The van der Waals surface area contributed by atoms with Gasteiger partial charge in [-0.05, 0) is 17.5 Å². The van der Waals surface area contributed by atoms with Crippen LogP contribution >= 0.6 is 8.15 Å². The van der Waals surface area contributed by atoms with E-state index >= 15 is 0 Å². The van der Waals surface area contributed by atoms with E-state index in [2.05, 4.69) is 72.8 Å². The number of hydrogen-bond acceptors (Lipinski definition) is 1. The molecule has 2 heteroatoms. The first kappa shape index (κ1) is 12.1. The Labute approximate surface area is 126 Å². The van der Waals surface area contributed by atoms with Crippen molar-refractivity contribution in [1.29, 1.82) is 0 Å². The lowest BCUT2D eigenvalue weighted by molar-refractivity contribution is 0.252. The van der Waals surface area contributed by atoms with Crippen molar-refractivity contribution in [3.05, 3.63) is 83.9 Å². The van der Waals surface area contributed by atoms with Crippen LogP contribution in [0.5, 0.6) is 0 Å². The van der Waals surface area contributed by atoms with Crippen LogP contribution in [0.4, 0.5) is 0 Å². The second-order valence-corrected chi connectivity index (χ2v) is 8.69. The number of allylic oxidation sites excluding steroid dienone is 2. The quantitative estimate of drug-likeness (QED) is 0.571. The van der Waals surface area contributed by atoms with E-state index in [0.29, 0.717) is 5.92 Å². The molecule has 2 aromatic carbocycles. The molecule has 1 nitrogen and oxygen atoms in total. The van der Waals surface area contributed by atoms with Gasteiger partial charge in [0, 0.05) is 5.92 Å². The maximum atomic E-state index is 6.36. The van der Waals surface area contributed by atoms with Crippen LogP contribution < -0.4 is 0 Å². The van der Waals surface area contributed by atoms with E-state index in [-0.39, 0.29) is 10.3 Å². The molecule has 4 bridgehead atoms. The topological polar surface area (TPSA) is 9.23 Å². The van der Waals surface area contributed by atoms with Gasteiger partial charge in [0.05, 0.1) is 25.1 Å². The van der Waals surface area contributed by atoms with E-state index in [1.807, 2.05) is 0 Å². The Morgan fingerprint density at radius 1 is 0.857 bits per heavy atom. The number of hydrogen-bond donors (Lipinski definition) is 0. The third-order valence-corrected chi connectivity index (χ3v) is 8.57. The van der Waals surface area contributed by atoms with Gasteiger partial charge in [0.2, 0.25) is 0 Å². The van der Waals surface area contributed by atoms with Gasteiger partial charge < -0.3 is 4.52 Å². The Balaban J connectivity index is 1.69. The van der Waals surface area contributed by atoms with Crippen LogP contribution in [-0.4, -0.2) is 6.61 Å². The molecule has 0 amide bonds. The van der Waals surface area contributed by atoms with E-state index in [9.17, 15) is 0 Å². The Morgan fingerprint density at radius 2 is 1.52 bits per heavy atom. The largest absolute Gasteiger partial charge is 0.356 e. The van der Waals surface area contributed by atoms with Gasteiger partial charge in [-0.15, -0.1) is 0 Å². The lowest BCUT2D eigenvalue weighted by atomic mass is 9.74. The van der Waals surface area contributed by atoms with Crippen molar-refractivity contribution in [2.24, 2.45) is 5.92 Å². The van der Waals surface area contributed by atoms with E-state index < -0.39 is 8.15 Å². The Kier molecular flexibility index (Phi) is 2.35. The highest BCUT2D eigenvalue weighted by atomic mass is 31.1. The zero-order valence-electron chi connectivity index (χ0n) is 11.8. The van der Waals surface area contributed by atoms with Gasteiger partial charge in [0.15, 0.2) is 0 Å². The first-order valence-corrected chi connectivity index (χ1v) is 8.87. The summed E-state index contributed by atoms with van der Waals surface area (Å²) in [5.74, 6) is 0.635. The van der Waals surface area contributed by atoms with Crippen LogP contribution in [0, 0.1) is 5.92 Å². The SMILES string of the molecule is C1=C[C@@]2(c3ccccc3)[C@@H]3COP2[C@@]1(c1ccccc1)C3. The minimum absolute atomic E-state index is 0.148. The molecule has 104 valence electrons. The highest BCUT2D eigenvalue weighted by Crippen LogP contribution is 2.86. The van der Waals surface area contributed by atoms with Gasteiger partial charge in [-0.2, -0.15) is 0 Å². The minimum Gasteiger partial charge on any atom is -0.356 e. The third-order valence-electron chi connectivity index (χ3n) is 5.41. The summed E-state index contributed by atoms with van der Waals surface area (Å²) in [6, 6.07) is 22.0. The summed E-state index contributed by atoms with van der Waals surface area (Å²) in [6.07, 6.45) is 6.17. The van der Waals surface area contributed by atoms with Crippen LogP contribution in [0.15, 0.2) is 72.8 Å². The lowest BCUT2D eigenvalue weighted by Crippen LogP contribution is -2.27. The molecular formula is C19H17OP. The zero-order chi connectivity index (χ0) is 13.9. The first-order chi connectivity index (χ1) is 10.4. The molecule has 21 heavy (non-hydrogen) atoms. The third kappa shape index (κ3) is 1.34. The molecule has 2 saturated heterocycles. The minimum atomic E-state index is -0.512. The molecule has 0 saturated carbocycles. The molecule has 0 spiro atoms. The van der Waals surface area contributed by atoms with Crippen molar-refractivity contribution < 1.29 is 4.52 Å². The molecule has 3 aliphatic rings. The highest BCUT2D eigenvalue weighted by Gasteiger charge is 2.69. The normalized spacial score (nSPS) is 39.0. The number of rotatable bonds is 2.